The Labute approximate surface area is 122 Å². The molecule has 1 heterocycles. The third kappa shape index (κ3) is 4.04. The lowest BCUT2D eigenvalue weighted by Crippen LogP contribution is -2.05. The Morgan fingerprint density at radius 3 is 2.76 bits per heavy atom. The maximum absolute atomic E-state index is 11.6. The molecule has 6 heteroatoms. The maximum atomic E-state index is 11.6. The first-order valence-corrected chi connectivity index (χ1v) is 6.37. The van der Waals surface area contributed by atoms with Gasteiger partial charge in [-0.2, -0.15) is 5.10 Å². The lowest BCUT2D eigenvalue weighted by molar-refractivity contribution is 0.0526. The number of aromatic nitrogens is 1. The van der Waals surface area contributed by atoms with Gasteiger partial charge in [-0.3, -0.25) is 0 Å². The van der Waals surface area contributed by atoms with Crippen molar-refractivity contribution in [3.05, 3.63) is 53.7 Å². The van der Waals surface area contributed by atoms with E-state index in [0.29, 0.717) is 23.8 Å². The Kier molecular flexibility index (Phi) is 4.87. The van der Waals surface area contributed by atoms with E-state index in [9.17, 15) is 4.79 Å². The molecule has 0 aliphatic rings. The van der Waals surface area contributed by atoms with Gasteiger partial charge in [0, 0.05) is 12.3 Å². The van der Waals surface area contributed by atoms with Gasteiger partial charge in [0.05, 0.1) is 18.4 Å². The summed E-state index contributed by atoms with van der Waals surface area (Å²) in [6.45, 7) is 2.07. The third-order valence-corrected chi connectivity index (χ3v) is 2.57. The molecule has 0 atom stereocenters. The van der Waals surface area contributed by atoms with Gasteiger partial charge in [-0.05, 0) is 42.8 Å². The smallest absolute Gasteiger partial charge is 0.338 e. The molecule has 0 amide bonds. The number of benzene rings is 1. The van der Waals surface area contributed by atoms with Crippen molar-refractivity contribution in [1.29, 1.82) is 0 Å². The van der Waals surface area contributed by atoms with Crippen molar-refractivity contribution in [1.82, 2.24) is 4.98 Å². The SMILES string of the molecule is CCOC(=O)c1ccnc(Oc2ccc(C=NN)cc2)c1. The summed E-state index contributed by atoms with van der Waals surface area (Å²) in [5.41, 5.74) is 1.26. The highest BCUT2D eigenvalue weighted by atomic mass is 16.5. The summed E-state index contributed by atoms with van der Waals surface area (Å²) in [6, 6.07) is 10.2. The zero-order valence-electron chi connectivity index (χ0n) is 11.5. The molecule has 6 nitrogen and oxygen atoms in total. The number of carbonyl (C=O) groups is 1. The van der Waals surface area contributed by atoms with Crippen LogP contribution in [0.15, 0.2) is 47.7 Å². The van der Waals surface area contributed by atoms with Crippen LogP contribution in [0, 0.1) is 0 Å². The fourth-order valence-corrected chi connectivity index (χ4v) is 1.64. The van der Waals surface area contributed by atoms with Crippen LogP contribution in [0.5, 0.6) is 11.6 Å². The second-order valence-corrected chi connectivity index (χ2v) is 4.05. The zero-order chi connectivity index (χ0) is 15.1. The van der Waals surface area contributed by atoms with E-state index in [2.05, 4.69) is 10.1 Å². The van der Waals surface area contributed by atoms with E-state index >= 15 is 0 Å². The number of pyridine rings is 1. The van der Waals surface area contributed by atoms with E-state index in [4.69, 9.17) is 15.3 Å². The van der Waals surface area contributed by atoms with Crippen LogP contribution in [0.1, 0.15) is 22.8 Å². The highest BCUT2D eigenvalue weighted by Gasteiger charge is 2.08. The molecular weight excluding hydrogens is 270 g/mol. The molecule has 2 N–H and O–H groups in total. The van der Waals surface area contributed by atoms with E-state index in [0.717, 1.165) is 5.56 Å². The molecule has 0 aliphatic heterocycles. The van der Waals surface area contributed by atoms with Crippen molar-refractivity contribution >= 4 is 12.2 Å². The summed E-state index contributed by atoms with van der Waals surface area (Å²) in [5.74, 6) is 5.59. The first-order valence-electron chi connectivity index (χ1n) is 6.37. The molecular formula is C15H15N3O3. The Hall–Kier alpha value is -2.89. The molecule has 1 aromatic heterocycles. The van der Waals surface area contributed by atoms with Crippen molar-refractivity contribution < 1.29 is 14.3 Å². The predicted molar refractivity (Wildman–Crippen MR) is 78.5 cm³/mol. The van der Waals surface area contributed by atoms with Crippen LogP contribution in [0.4, 0.5) is 0 Å². The number of hydrazone groups is 1. The minimum atomic E-state index is -0.403. The number of hydrogen-bond acceptors (Lipinski definition) is 6. The van der Waals surface area contributed by atoms with E-state index in [1.54, 1.807) is 37.3 Å². The lowest BCUT2D eigenvalue weighted by Gasteiger charge is -2.06. The lowest BCUT2D eigenvalue weighted by atomic mass is 10.2. The monoisotopic (exact) mass is 285 g/mol. The number of hydrogen-bond donors (Lipinski definition) is 1. The van der Waals surface area contributed by atoms with Crippen molar-refractivity contribution in [2.45, 2.75) is 6.92 Å². The normalized spacial score (nSPS) is 10.5. The van der Waals surface area contributed by atoms with E-state index in [1.165, 1.54) is 18.5 Å². The Balaban J connectivity index is 2.12. The fourth-order valence-electron chi connectivity index (χ4n) is 1.64. The molecule has 2 rings (SSSR count). The van der Waals surface area contributed by atoms with Gasteiger partial charge in [-0.25, -0.2) is 9.78 Å². The number of esters is 1. The maximum Gasteiger partial charge on any atom is 0.338 e. The van der Waals surface area contributed by atoms with E-state index < -0.39 is 5.97 Å². The number of carbonyl (C=O) groups excluding carboxylic acids is 1. The zero-order valence-corrected chi connectivity index (χ0v) is 11.5. The van der Waals surface area contributed by atoms with Crippen LogP contribution >= 0.6 is 0 Å². The summed E-state index contributed by atoms with van der Waals surface area (Å²) >= 11 is 0. The standard InChI is InChI=1S/C15H15N3O3/c1-2-20-15(19)12-7-8-17-14(9-12)21-13-5-3-11(4-6-13)10-18-16/h3-10H,2,16H2,1H3. The first-order chi connectivity index (χ1) is 10.2. The second kappa shape index (κ2) is 7.04. The summed E-state index contributed by atoms with van der Waals surface area (Å²) in [4.78, 5) is 15.7. The van der Waals surface area contributed by atoms with Crippen LogP contribution in [0.2, 0.25) is 0 Å². The third-order valence-electron chi connectivity index (χ3n) is 2.57. The van der Waals surface area contributed by atoms with Gasteiger partial charge >= 0.3 is 5.97 Å². The van der Waals surface area contributed by atoms with Crippen molar-refractivity contribution in [3.63, 3.8) is 0 Å². The molecule has 21 heavy (non-hydrogen) atoms. The van der Waals surface area contributed by atoms with Crippen molar-refractivity contribution in [2.24, 2.45) is 10.9 Å². The van der Waals surface area contributed by atoms with Gasteiger partial charge in [0.1, 0.15) is 5.75 Å². The first kappa shape index (κ1) is 14.5. The summed E-state index contributed by atoms with van der Waals surface area (Å²) in [5, 5.41) is 3.44. The molecule has 0 bridgehead atoms. The summed E-state index contributed by atoms with van der Waals surface area (Å²) in [6.07, 6.45) is 3.03. The molecule has 1 aromatic carbocycles. The molecule has 0 saturated carbocycles. The van der Waals surface area contributed by atoms with Gasteiger partial charge in [-0.15, -0.1) is 0 Å². The highest BCUT2D eigenvalue weighted by Crippen LogP contribution is 2.20. The number of ether oxygens (including phenoxy) is 2. The molecule has 0 spiro atoms. The van der Waals surface area contributed by atoms with Gasteiger partial charge in [0.15, 0.2) is 0 Å². The molecule has 2 aromatic rings. The van der Waals surface area contributed by atoms with Gasteiger partial charge in [0.25, 0.3) is 0 Å². The molecule has 0 aliphatic carbocycles. The van der Waals surface area contributed by atoms with Gasteiger partial charge in [0.2, 0.25) is 5.88 Å². The average molecular weight is 285 g/mol. The Morgan fingerprint density at radius 2 is 2.10 bits per heavy atom. The molecule has 0 radical (unpaired) electrons. The van der Waals surface area contributed by atoms with Crippen LogP contribution in [-0.2, 0) is 4.74 Å². The highest BCUT2D eigenvalue weighted by molar-refractivity contribution is 5.89. The quantitative estimate of drug-likeness (QED) is 0.394. The van der Waals surface area contributed by atoms with Crippen LogP contribution in [0.3, 0.4) is 0 Å². The fraction of sp³-hybridized carbons (Fsp3) is 0.133. The van der Waals surface area contributed by atoms with E-state index in [-0.39, 0.29) is 0 Å². The van der Waals surface area contributed by atoms with Crippen LogP contribution < -0.4 is 10.6 Å². The summed E-state index contributed by atoms with van der Waals surface area (Å²) < 4.78 is 10.5. The molecule has 0 unspecified atom stereocenters. The van der Waals surface area contributed by atoms with Crippen molar-refractivity contribution in [2.75, 3.05) is 6.61 Å². The topological polar surface area (TPSA) is 86.8 Å². The number of nitrogens with zero attached hydrogens (tertiary/aromatic N) is 2. The van der Waals surface area contributed by atoms with Gasteiger partial charge in [-0.1, -0.05) is 0 Å². The minimum Gasteiger partial charge on any atom is -0.462 e. The van der Waals surface area contributed by atoms with Crippen molar-refractivity contribution in [3.8, 4) is 11.6 Å². The Morgan fingerprint density at radius 1 is 1.33 bits per heavy atom. The van der Waals surface area contributed by atoms with Crippen LogP contribution in [-0.4, -0.2) is 23.8 Å². The molecule has 108 valence electrons. The van der Waals surface area contributed by atoms with E-state index in [1.807, 2.05) is 0 Å². The number of rotatable bonds is 5. The molecule has 0 fully saturated rings. The predicted octanol–water partition coefficient (Wildman–Crippen LogP) is 2.34. The molecule has 0 saturated heterocycles. The summed E-state index contributed by atoms with van der Waals surface area (Å²) in [7, 11) is 0. The Bertz CT molecular complexity index is 639. The largest absolute Gasteiger partial charge is 0.462 e. The number of nitrogens with two attached hydrogens (primary N) is 1. The average Bonchev–Trinajstić information content (AvgIpc) is 2.50. The van der Waals surface area contributed by atoms with Gasteiger partial charge < -0.3 is 15.3 Å². The minimum absolute atomic E-state index is 0.320. The second-order valence-electron chi connectivity index (χ2n) is 4.05. The van der Waals surface area contributed by atoms with Crippen LogP contribution in [0.25, 0.3) is 0 Å².